The Morgan fingerprint density at radius 3 is 2.70 bits per heavy atom. The van der Waals surface area contributed by atoms with Gasteiger partial charge in [0.15, 0.2) is 0 Å². The minimum absolute atomic E-state index is 0.123. The van der Waals surface area contributed by atoms with Crippen LogP contribution in [0.15, 0.2) is 48.8 Å². The van der Waals surface area contributed by atoms with Gasteiger partial charge in [-0.25, -0.2) is 4.98 Å². The summed E-state index contributed by atoms with van der Waals surface area (Å²) in [5, 5.41) is 0. The van der Waals surface area contributed by atoms with Gasteiger partial charge in [-0.05, 0) is 31.2 Å². The predicted molar refractivity (Wildman–Crippen MR) is 80.2 cm³/mol. The molecule has 0 saturated carbocycles. The van der Waals surface area contributed by atoms with E-state index in [0.717, 1.165) is 28.0 Å². The highest BCUT2D eigenvalue weighted by molar-refractivity contribution is 5.77. The van der Waals surface area contributed by atoms with E-state index in [2.05, 4.69) is 9.55 Å². The van der Waals surface area contributed by atoms with Crippen molar-refractivity contribution in [2.75, 3.05) is 7.11 Å². The maximum Gasteiger partial charge on any atom is 0.125 e. The summed E-state index contributed by atoms with van der Waals surface area (Å²) in [6.07, 6.45) is 1.82. The van der Waals surface area contributed by atoms with Gasteiger partial charge >= 0.3 is 0 Å². The highest BCUT2D eigenvalue weighted by Gasteiger charge is 2.15. The summed E-state index contributed by atoms with van der Waals surface area (Å²) >= 11 is 0. The molecule has 20 heavy (non-hydrogen) atoms. The molecule has 0 fully saturated rings. The van der Waals surface area contributed by atoms with E-state index in [1.165, 1.54) is 0 Å². The van der Waals surface area contributed by atoms with E-state index in [4.69, 9.17) is 10.5 Å². The number of fused-ring (bicyclic) bond motifs is 1. The molecule has 102 valence electrons. The normalized spacial score (nSPS) is 12.6. The minimum Gasteiger partial charge on any atom is -0.496 e. The third-order valence-corrected chi connectivity index (χ3v) is 3.43. The molecule has 0 saturated heterocycles. The van der Waals surface area contributed by atoms with Crippen LogP contribution < -0.4 is 10.5 Å². The van der Waals surface area contributed by atoms with Gasteiger partial charge in [-0.2, -0.15) is 0 Å². The summed E-state index contributed by atoms with van der Waals surface area (Å²) in [6, 6.07) is 13.8. The number of aromatic nitrogens is 2. The molecule has 4 nitrogen and oxygen atoms in total. The Kier molecular flexibility index (Phi) is 3.16. The zero-order chi connectivity index (χ0) is 14.1. The van der Waals surface area contributed by atoms with Crippen molar-refractivity contribution >= 4 is 11.0 Å². The molecule has 3 aromatic rings. The number of hydrogen-bond acceptors (Lipinski definition) is 3. The van der Waals surface area contributed by atoms with Crippen LogP contribution in [0.25, 0.3) is 16.7 Å². The van der Waals surface area contributed by atoms with Gasteiger partial charge in [-0.1, -0.05) is 18.2 Å². The zero-order valence-corrected chi connectivity index (χ0v) is 11.6. The van der Waals surface area contributed by atoms with Crippen LogP contribution in [0.3, 0.4) is 0 Å². The maximum absolute atomic E-state index is 6.13. The first-order valence-corrected chi connectivity index (χ1v) is 6.57. The second kappa shape index (κ2) is 4.98. The Labute approximate surface area is 117 Å². The van der Waals surface area contributed by atoms with Gasteiger partial charge in [0, 0.05) is 11.6 Å². The lowest BCUT2D eigenvalue weighted by Gasteiger charge is -2.17. The molecular formula is C16H17N3O. The number of imidazole rings is 1. The lowest BCUT2D eigenvalue weighted by atomic mass is 10.0. The quantitative estimate of drug-likeness (QED) is 0.793. The van der Waals surface area contributed by atoms with Crippen molar-refractivity contribution < 1.29 is 4.74 Å². The van der Waals surface area contributed by atoms with E-state index in [1.54, 1.807) is 7.11 Å². The van der Waals surface area contributed by atoms with E-state index in [0.29, 0.717) is 0 Å². The van der Waals surface area contributed by atoms with E-state index >= 15 is 0 Å². The average molecular weight is 267 g/mol. The minimum atomic E-state index is -0.123. The van der Waals surface area contributed by atoms with Gasteiger partial charge < -0.3 is 10.5 Å². The number of nitrogens with two attached hydrogens (primary N) is 1. The molecule has 0 aliphatic rings. The largest absolute Gasteiger partial charge is 0.496 e. The first kappa shape index (κ1) is 12.7. The number of ether oxygens (including phenoxy) is 1. The van der Waals surface area contributed by atoms with Crippen LogP contribution in [0.4, 0.5) is 0 Å². The van der Waals surface area contributed by atoms with Gasteiger partial charge in [0.2, 0.25) is 0 Å². The molecule has 0 spiro atoms. The predicted octanol–water partition coefficient (Wildman–Crippen LogP) is 3.05. The second-order valence-corrected chi connectivity index (χ2v) is 4.79. The molecule has 1 atom stereocenters. The van der Waals surface area contributed by atoms with E-state index in [9.17, 15) is 0 Å². The first-order valence-electron chi connectivity index (χ1n) is 6.57. The Morgan fingerprint density at radius 1 is 1.15 bits per heavy atom. The van der Waals surface area contributed by atoms with Gasteiger partial charge in [-0.15, -0.1) is 0 Å². The lowest BCUT2D eigenvalue weighted by Crippen LogP contribution is -2.11. The highest BCUT2D eigenvalue weighted by Crippen LogP contribution is 2.31. The van der Waals surface area contributed by atoms with E-state index in [-0.39, 0.29) is 6.04 Å². The van der Waals surface area contributed by atoms with Gasteiger partial charge in [0.1, 0.15) is 12.1 Å². The molecular weight excluding hydrogens is 250 g/mol. The summed E-state index contributed by atoms with van der Waals surface area (Å²) in [6.45, 7) is 1.96. The Hall–Kier alpha value is -2.33. The summed E-state index contributed by atoms with van der Waals surface area (Å²) in [5.74, 6) is 0.801. The van der Waals surface area contributed by atoms with Gasteiger partial charge in [-0.3, -0.25) is 4.57 Å². The monoisotopic (exact) mass is 267 g/mol. The maximum atomic E-state index is 6.13. The molecule has 0 aliphatic carbocycles. The molecule has 1 heterocycles. The molecule has 0 amide bonds. The molecule has 3 rings (SSSR count). The Balaban J connectivity index is 2.29. The van der Waals surface area contributed by atoms with Crippen molar-refractivity contribution in [2.45, 2.75) is 13.0 Å². The van der Waals surface area contributed by atoms with Crippen LogP contribution >= 0.6 is 0 Å². The van der Waals surface area contributed by atoms with Crippen LogP contribution in [0, 0.1) is 0 Å². The van der Waals surface area contributed by atoms with Crippen LogP contribution in [0.2, 0.25) is 0 Å². The van der Waals surface area contributed by atoms with Crippen molar-refractivity contribution in [1.82, 2.24) is 9.55 Å². The van der Waals surface area contributed by atoms with Gasteiger partial charge in [0.05, 0.1) is 23.8 Å². The summed E-state index contributed by atoms with van der Waals surface area (Å²) in [5.41, 5.74) is 10.1. The number of hydrogen-bond donors (Lipinski definition) is 1. The summed E-state index contributed by atoms with van der Waals surface area (Å²) < 4.78 is 7.50. The fraction of sp³-hybridized carbons (Fsp3) is 0.188. The summed E-state index contributed by atoms with van der Waals surface area (Å²) in [7, 11) is 1.66. The number of methoxy groups -OCH3 is 1. The third kappa shape index (κ3) is 1.94. The molecule has 4 heteroatoms. The Morgan fingerprint density at radius 2 is 1.95 bits per heavy atom. The molecule has 0 radical (unpaired) electrons. The van der Waals surface area contributed by atoms with Crippen molar-refractivity contribution in [3.63, 3.8) is 0 Å². The van der Waals surface area contributed by atoms with Gasteiger partial charge in [0.25, 0.3) is 0 Å². The SMILES string of the molecule is COc1cccc(-n2cnc3ccccc32)c1[C@H](C)N. The average Bonchev–Trinajstić information content (AvgIpc) is 2.90. The highest BCUT2D eigenvalue weighted by atomic mass is 16.5. The molecule has 2 aromatic carbocycles. The number of para-hydroxylation sites is 2. The van der Waals surface area contributed by atoms with Crippen LogP contribution in [-0.2, 0) is 0 Å². The smallest absolute Gasteiger partial charge is 0.125 e. The van der Waals surface area contributed by atoms with Crippen LogP contribution in [0.1, 0.15) is 18.5 Å². The number of benzene rings is 2. The van der Waals surface area contributed by atoms with E-state index in [1.807, 2.05) is 55.7 Å². The fourth-order valence-electron chi connectivity index (χ4n) is 2.53. The lowest BCUT2D eigenvalue weighted by molar-refractivity contribution is 0.406. The molecule has 0 aliphatic heterocycles. The van der Waals surface area contributed by atoms with E-state index < -0.39 is 0 Å². The Bertz CT molecular complexity index is 746. The molecule has 2 N–H and O–H groups in total. The van der Waals surface area contributed by atoms with Crippen LogP contribution in [0.5, 0.6) is 5.75 Å². The fourth-order valence-corrected chi connectivity index (χ4v) is 2.53. The number of nitrogens with zero attached hydrogens (tertiary/aromatic N) is 2. The van der Waals surface area contributed by atoms with Crippen molar-refractivity contribution in [2.24, 2.45) is 5.73 Å². The molecule has 0 bridgehead atoms. The molecule has 1 aromatic heterocycles. The number of rotatable bonds is 3. The molecule has 0 unspecified atom stereocenters. The summed E-state index contributed by atoms with van der Waals surface area (Å²) in [4.78, 5) is 4.43. The first-order chi connectivity index (χ1) is 9.72. The van der Waals surface area contributed by atoms with Crippen molar-refractivity contribution in [1.29, 1.82) is 0 Å². The van der Waals surface area contributed by atoms with Crippen molar-refractivity contribution in [3.8, 4) is 11.4 Å². The zero-order valence-electron chi connectivity index (χ0n) is 11.6. The topological polar surface area (TPSA) is 53.1 Å². The van der Waals surface area contributed by atoms with Crippen LogP contribution in [-0.4, -0.2) is 16.7 Å². The standard InChI is InChI=1S/C16H17N3O/c1-11(17)16-14(8-5-9-15(16)20-2)19-10-18-12-6-3-4-7-13(12)19/h3-11H,17H2,1-2H3/t11-/m0/s1. The third-order valence-electron chi connectivity index (χ3n) is 3.43. The van der Waals surface area contributed by atoms with Crippen molar-refractivity contribution in [3.05, 3.63) is 54.4 Å². The second-order valence-electron chi connectivity index (χ2n) is 4.79.